The van der Waals surface area contributed by atoms with Gasteiger partial charge in [-0.1, -0.05) is 24.3 Å². The second kappa shape index (κ2) is 7.04. The van der Waals surface area contributed by atoms with Gasteiger partial charge in [0.2, 0.25) is 12.7 Å². The second-order valence-corrected chi connectivity index (χ2v) is 8.43. The molecule has 2 unspecified atom stereocenters. The van der Waals surface area contributed by atoms with Crippen LogP contribution in [0.15, 0.2) is 48.7 Å². The number of rotatable bonds is 3. The molecular weight excluding hydrogens is 394 g/mol. The minimum atomic E-state index is 0.0224. The van der Waals surface area contributed by atoms with Crippen molar-refractivity contribution in [2.24, 2.45) is 5.92 Å². The van der Waals surface area contributed by atoms with E-state index >= 15 is 0 Å². The fourth-order valence-corrected chi connectivity index (χ4v) is 4.76. The van der Waals surface area contributed by atoms with Crippen molar-refractivity contribution in [1.29, 1.82) is 0 Å². The van der Waals surface area contributed by atoms with Crippen molar-refractivity contribution < 1.29 is 19.1 Å². The Bertz CT molecular complexity index is 1180. The molecule has 2 amide bonds. The van der Waals surface area contributed by atoms with Gasteiger partial charge < -0.3 is 24.3 Å². The van der Waals surface area contributed by atoms with Crippen molar-refractivity contribution in [3.05, 3.63) is 59.8 Å². The molecule has 7 nitrogen and oxygen atoms in total. The molecule has 6 rings (SSSR count). The van der Waals surface area contributed by atoms with Crippen LogP contribution in [-0.2, 0) is 4.79 Å². The number of nitrogens with one attached hydrogen (secondary N) is 1. The number of carbonyl (C=O) groups is 2. The van der Waals surface area contributed by atoms with Gasteiger partial charge in [-0.15, -0.1) is 0 Å². The Balaban J connectivity index is 1.08. The van der Waals surface area contributed by atoms with E-state index in [1.54, 1.807) is 6.20 Å². The molecule has 1 saturated heterocycles. The van der Waals surface area contributed by atoms with Gasteiger partial charge in [-0.3, -0.25) is 9.59 Å². The Labute approximate surface area is 179 Å². The Hall–Kier alpha value is -3.48. The van der Waals surface area contributed by atoms with E-state index in [1.807, 2.05) is 52.3 Å². The first-order chi connectivity index (χ1) is 15.2. The summed E-state index contributed by atoms with van der Waals surface area (Å²) in [7, 11) is 0. The van der Waals surface area contributed by atoms with Gasteiger partial charge in [-0.05, 0) is 36.1 Å². The molecule has 2 fully saturated rings. The molecule has 1 aromatic heterocycles. The summed E-state index contributed by atoms with van der Waals surface area (Å²) >= 11 is 0. The highest BCUT2D eigenvalue weighted by atomic mass is 16.7. The van der Waals surface area contributed by atoms with Gasteiger partial charge in [0.25, 0.3) is 5.91 Å². The highest BCUT2D eigenvalue weighted by Gasteiger charge is 2.46. The van der Waals surface area contributed by atoms with Gasteiger partial charge in [-0.2, -0.15) is 0 Å². The number of piperazine rings is 1. The summed E-state index contributed by atoms with van der Waals surface area (Å²) < 4.78 is 10.8. The fourth-order valence-electron chi connectivity index (χ4n) is 4.76. The predicted octanol–water partition coefficient (Wildman–Crippen LogP) is 2.98. The zero-order chi connectivity index (χ0) is 20.9. The average Bonchev–Trinajstić information content (AvgIpc) is 3.27. The lowest BCUT2D eigenvalue weighted by atomic mass is 10.1. The molecule has 1 saturated carbocycles. The number of aromatic nitrogens is 1. The minimum absolute atomic E-state index is 0.0224. The summed E-state index contributed by atoms with van der Waals surface area (Å²) in [5, 5.41) is 0.940. The maximum Gasteiger partial charge on any atom is 0.256 e. The van der Waals surface area contributed by atoms with E-state index in [2.05, 4.69) is 4.98 Å². The summed E-state index contributed by atoms with van der Waals surface area (Å²) in [6.07, 6.45) is 2.65. The smallest absolute Gasteiger partial charge is 0.256 e. The predicted molar refractivity (Wildman–Crippen MR) is 114 cm³/mol. The van der Waals surface area contributed by atoms with Crippen LogP contribution in [0, 0.1) is 5.92 Å². The highest BCUT2D eigenvalue weighted by molar-refractivity contribution is 6.06. The van der Waals surface area contributed by atoms with E-state index in [0.717, 1.165) is 34.4 Å². The first-order valence-corrected chi connectivity index (χ1v) is 10.7. The molecule has 3 aromatic rings. The van der Waals surface area contributed by atoms with Gasteiger partial charge in [0, 0.05) is 49.2 Å². The van der Waals surface area contributed by atoms with Gasteiger partial charge in [0.05, 0.1) is 5.56 Å². The van der Waals surface area contributed by atoms with Crippen LogP contribution in [0.3, 0.4) is 0 Å². The number of hydrogen-bond donors (Lipinski definition) is 1. The van der Waals surface area contributed by atoms with Gasteiger partial charge in [0.1, 0.15) is 0 Å². The number of ether oxygens (including phenoxy) is 2. The monoisotopic (exact) mass is 417 g/mol. The standard InChI is InChI=1S/C24H23N3O4/c28-23(18-12-17(18)15-5-6-21-22(11-15)31-14-30-21)26-7-9-27(10-8-26)24(29)19-13-25-20-4-2-1-3-16(19)20/h1-6,11,13,17-18,25H,7-10,12,14H2. The van der Waals surface area contributed by atoms with Gasteiger partial charge in [0.15, 0.2) is 11.5 Å². The number of carbonyl (C=O) groups excluding carboxylic acids is 2. The number of para-hydroxylation sites is 1. The second-order valence-electron chi connectivity index (χ2n) is 8.43. The summed E-state index contributed by atoms with van der Waals surface area (Å²) in [4.78, 5) is 33.0. The zero-order valence-electron chi connectivity index (χ0n) is 17.0. The third-order valence-corrected chi connectivity index (χ3v) is 6.63. The van der Waals surface area contributed by atoms with Crippen molar-refractivity contribution in [3.8, 4) is 11.5 Å². The molecule has 7 heteroatoms. The normalized spacial score (nSPS) is 22.1. The Morgan fingerprint density at radius 1 is 0.935 bits per heavy atom. The number of fused-ring (bicyclic) bond motifs is 2. The first-order valence-electron chi connectivity index (χ1n) is 10.7. The maximum absolute atomic E-state index is 13.0. The van der Waals surface area contributed by atoms with Crippen molar-refractivity contribution >= 4 is 22.7 Å². The lowest BCUT2D eigenvalue weighted by molar-refractivity contribution is -0.134. The summed E-state index contributed by atoms with van der Waals surface area (Å²) in [5.74, 6) is 2.02. The van der Waals surface area contributed by atoms with E-state index in [1.165, 1.54) is 0 Å². The molecule has 31 heavy (non-hydrogen) atoms. The van der Waals surface area contributed by atoms with E-state index in [-0.39, 0.29) is 30.4 Å². The van der Waals surface area contributed by atoms with Crippen LogP contribution in [-0.4, -0.2) is 59.6 Å². The molecule has 158 valence electrons. The zero-order valence-corrected chi connectivity index (χ0v) is 17.0. The molecule has 0 radical (unpaired) electrons. The molecule has 0 spiro atoms. The molecule has 1 aliphatic carbocycles. The third-order valence-electron chi connectivity index (χ3n) is 6.63. The van der Waals surface area contributed by atoms with Crippen LogP contribution in [0.4, 0.5) is 0 Å². The average molecular weight is 417 g/mol. The number of amides is 2. The van der Waals surface area contributed by atoms with Crippen LogP contribution in [0.2, 0.25) is 0 Å². The number of H-pyrrole nitrogens is 1. The Morgan fingerprint density at radius 2 is 1.71 bits per heavy atom. The van der Waals surface area contributed by atoms with E-state index in [0.29, 0.717) is 31.7 Å². The molecule has 3 heterocycles. The van der Waals surface area contributed by atoms with E-state index < -0.39 is 0 Å². The number of aromatic amines is 1. The molecule has 0 bridgehead atoms. The van der Waals surface area contributed by atoms with Gasteiger partial charge >= 0.3 is 0 Å². The maximum atomic E-state index is 13.0. The summed E-state index contributed by atoms with van der Waals surface area (Å²) in [6.45, 7) is 2.54. The summed E-state index contributed by atoms with van der Waals surface area (Å²) in [6, 6.07) is 13.8. The molecule has 2 aromatic carbocycles. The van der Waals surface area contributed by atoms with Crippen LogP contribution >= 0.6 is 0 Å². The topological polar surface area (TPSA) is 74.9 Å². The highest BCUT2D eigenvalue weighted by Crippen LogP contribution is 2.50. The Morgan fingerprint density at radius 3 is 2.58 bits per heavy atom. The first kappa shape index (κ1) is 18.3. The van der Waals surface area contributed by atoms with Crippen molar-refractivity contribution in [2.45, 2.75) is 12.3 Å². The number of hydrogen-bond acceptors (Lipinski definition) is 4. The molecule has 1 N–H and O–H groups in total. The number of nitrogens with zero attached hydrogens (tertiary/aromatic N) is 2. The SMILES string of the molecule is O=C(c1c[nH]c2ccccc12)N1CCN(C(=O)C2CC2c2ccc3c(c2)OCO3)CC1. The molecular formula is C24H23N3O4. The van der Waals surface area contributed by atoms with Crippen molar-refractivity contribution in [1.82, 2.24) is 14.8 Å². The van der Waals surface area contributed by atoms with Crippen molar-refractivity contribution in [2.75, 3.05) is 33.0 Å². The number of benzene rings is 2. The molecule has 2 aliphatic heterocycles. The third kappa shape index (κ3) is 3.12. The van der Waals surface area contributed by atoms with Gasteiger partial charge in [-0.25, -0.2) is 0 Å². The summed E-state index contributed by atoms with van der Waals surface area (Å²) in [5.41, 5.74) is 2.79. The quantitative estimate of drug-likeness (QED) is 0.711. The Kier molecular flexibility index (Phi) is 4.16. The minimum Gasteiger partial charge on any atom is -0.454 e. The van der Waals surface area contributed by atoms with E-state index in [4.69, 9.17) is 9.47 Å². The lowest BCUT2D eigenvalue weighted by Crippen LogP contribution is -2.51. The lowest BCUT2D eigenvalue weighted by Gasteiger charge is -2.35. The van der Waals surface area contributed by atoms with Crippen LogP contribution in [0.5, 0.6) is 11.5 Å². The fraction of sp³-hybridized carbons (Fsp3) is 0.333. The molecule has 2 atom stereocenters. The van der Waals surface area contributed by atoms with E-state index in [9.17, 15) is 9.59 Å². The van der Waals surface area contributed by atoms with Crippen LogP contribution in [0.1, 0.15) is 28.3 Å². The van der Waals surface area contributed by atoms with Crippen LogP contribution in [0.25, 0.3) is 10.9 Å². The van der Waals surface area contributed by atoms with Crippen molar-refractivity contribution in [3.63, 3.8) is 0 Å². The van der Waals surface area contributed by atoms with Crippen LogP contribution < -0.4 is 9.47 Å². The molecule has 3 aliphatic rings. The largest absolute Gasteiger partial charge is 0.454 e.